The van der Waals surface area contributed by atoms with E-state index >= 15 is 0 Å². The number of nitriles is 1. The molecule has 0 bridgehead atoms. The molecule has 0 aliphatic carbocycles. The maximum absolute atomic E-state index is 13.5. The van der Waals surface area contributed by atoms with E-state index in [0.717, 1.165) is 22.5 Å². The Labute approximate surface area is 251 Å². The molecule has 0 fully saturated rings. The molecule has 1 unspecified atom stereocenters. The molecular formula is C31H39F2N7O3. The summed E-state index contributed by atoms with van der Waals surface area (Å²) in [6.45, 7) is 4.12. The molecule has 3 rings (SSSR count). The SMILES string of the molecule is CC(=O)NCC(CCCN/C(=C/C#N)N(C)C)N(C)C(=O)NCc1cccc(F)c1O.Cc1cc2cc(F)ccc2cn1. The third kappa shape index (κ3) is 11.5. The van der Waals surface area contributed by atoms with Gasteiger partial charge in [0, 0.05) is 70.5 Å². The zero-order valence-corrected chi connectivity index (χ0v) is 25.1. The van der Waals surface area contributed by atoms with Gasteiger partial charge in [0.15, 0.2) is 11.6 Å². The van der Waals surface area contributed by atoms with Crippen LogP contribution in [-0.4, -0.2) is 72.1 Å². The van der Waals surface area contributed by atoms with Crippen molar-refractivity contribution in [2.75, 3.05) is 34.2 Å². The van der Waals surface area contributed by atoms with E-state index in [0.29, 0.717) is 25.2 Å². The first-order valence-corrected chi connectivity index (χ1v) is 13.7. The summed E-state index contributed by atoms with van der Waals surface area (Å²) in [5.74, 6) is -0.962. The summed E-state index contributed by atoms with van der Waals surface area (Å²) in [5, 5.41) is 29.0. The number of para-hydroxylation sites is 1. The number of allylic oxidation sites excluding steroid dienone is 1. The number of amides is 3. The predicted molar refractivity (Wildman–Crippen MR) is 162 cm³/mol. The second kappa shape index (κ2) is 17.1. The molecule has 0 aliphatic heterocycles. The molecule has 2 aromatic carbocycles. The summed E-state index contributed by atoms with van der Waals surface area (Å²) in [5.41, 5.74) is 1.18. The van der Waals surface area contributed by atoms with Crippen LogP contribution in [-0.2, 0) is 11.3 Å². The Kier molecular flexibility index (Phi) is 13.7. The summed E-state index contributed by atoms with van der Waals surface area (Å²) in [6.07, 6.45) is 4.44. The lowest BCUT2D eigenvalue weighted by atomic mass is 10.1. The smallest absolute Gasteiger partial charge is 0.317 e. The summed E-state index contributed by atoms with van der Waals surface area (Å²) >= 11 is 0. The fourth-order valence-electron chi connectivity index (χ4n) is 4.03. The molecule has 0 radical (unpaired) electrons. The van der Waals surface area contributed by atoms with E-state index in [4.69, 9.17) is 5.26 Å². The molecule has 43 heavy (non-hydrogen) atoms. The van der Waals surface area contributed by atoms with Gasteiger partial charge in [-0.2, -0.15) is 5.26 Å². The van der Waals surface area contributed by atoms with Gasteiger partial charge in [-0.05, 0) is 55.5 Å². The van der Waals surface area contributed by atoms with Crippen molar-refractivity contribution in [3.63, 3.8) is 0 Å². The number of hydrogen-bond acceptors (Lipinski definition) is 7. The minimum atomic E-state index is -0.751. The number of pyridine rings is 1. The molecular weight excluding hydrogens is 556 g/mol. The number of fused-ring (bicyclic) bond motifs is 1. The molecule has 3 aromatic rings. The van der Waals surface area contributed by atoms with Crippen LogP contribution in [0.15, 0.2) is 60.6 Å². The van der Waals surface area contributed by atoms with Gasteiger partial charge in [0.2, 0.25) is 5.91 Å². The highest BCUT2D eigenvalue weighted by molar-refractivity contribution is 5.81. The summed E-state index contributed by atoms with van der Waals surface area (Å²) in [6, 6.07) is 12.0. The standard InChI is InChI=1S/C21H31FN6O3.C10H8FN/c1-15(29)25-14-17(8-6-12-24-19(10-11-23)27(2)3)28(4)21(31)26-13-16-7-5-9-18(22)20(16)30;1-7-4-9-5-10(11)3-2-8(9)6-12-7/h5,7,9-10,17,24,30H,6,8,12-14H2,1-4H3,(H,25,29)(H,26,31);2-6H,1H3/b19-10-;. The number of rotatable bonds is 11. The number of nitrogens with zero attached hydrogens (tertiary/aromatic N) is 4. The van der Waals surface area contributed by atoms with Crippen LogP contribution in [0.1, 0.15) is 31.0 Å². The van der Waals surface area contributed by atoms with Crippen LogP contribution in [0.4, 0.5) is 13.6 Å². The predicted octanol–water partition coefficient (Wildman–Crippen LogP) is 4.16. The van der Waals surface area contributed by atoms with E-state index < -0.39 is 17.6 Å². The van der Waals surface area contributed by atoms with Crippen molar-refractivity contribution in [3.05, 3.63) is 83.5 Å². The fraction of sp³-hybridized carbons (Fsp3) is 0.355. The molecule has 4 N–H and O–H groups in total. The van der Waals surface area contributed by atoms with Crippen LogP contribution in [0.25, 0.3) is 10.8 Å². The van der Waals surface area contributed by atoms with E-state index in [1.165, 1.54) is 42.2 Å². The molecule has 230 valence electrons. The number of nitrogens with one attached hydrogen (secondary N) is 3. The molecule has 0 saturated carbocycles. The number of phenols is 1. The molecule has 3 amide bonds. The monoisotopic (exact) mass is 595 g/mol. The normalized spacial score (nSPS) is 11.4. The third-order valence-corrected chi connectivity index (χ3v) is 6.48. The Morgan fingerprint density at radius 2 is 1.84 bits per heavy atom. The van der Waals surface area contributed by atoms with Crippen LogP contribution in [0.3, 0.4) is 0 Å². The first kappa shape index (κ1) is 34.3. The van der Waals surface area contributed by atoms with Crippen LogP contribution < -0.4 is 16.0 Å². The van der Waals surface area contributed by atoms with Crippen LogP contribution in [0, 0.1) is 29.9 Å². The Balaban J connectivity index is 0.000000440. The Hall–Kier alpha value is -4.92. The van der Waals surface area contributed by atoms with Gasteiger partial charge in [0.25, 0.3) is 0 Å². The molecule has 0 aliphatic rings. The van der Waals surface area contributed by atoms with E-state index in [-0.39, 0.29) is 36.4 Å². The topological polar surface area (TPSA) is 134 Å². The van der Waals surface area contributed by atoms with Crippen molar-refractivity contribution in [1.29, 1.82) is 5.26 Å². The number of phenolic OH excluding ortho intramolecular Hbond substituents is 1. The molecule has 12 heteroatoms. The quantitative estimate of drug-likeness (QED) is 0.193. The van der Waals surface area contributed by atoms with Gasteiger partial charge < -0.3 is 30.9 Å². The van der Waals surface area contributed by atoms with Gasteiger partial charge in [-0.3, -0.25) is 9.78 Å². The second-order valence-electron chi connectivity index (χ2n) is 10.0. The van der Waals surface area contributed by atoms with Gasteiger partial charge >= 0.3 is 6.03 Å². The van der Waals surface area contributed by atoms with Crippen molar-refractivity contribution in [1.82, 2.24) is 30.7 Å². The third-order valence-electron chi connectivity index (χ3n) is 6.48. The van der Waals surface area contributed by atoms with Crippen LogP contribution in [0.2, 0.25) is 0 Å². The van der Waals surface area contributed by atoms with Gasteiger partial charge in [-0.15, -0.1) is 0 Å². The van der Waals surface area contributed by atoms with E-state index in [9.17, 15) is 23.5 Å². The average Bonchev–Trinajstić information content (AvgIpc) is 2.96. The number of likely N-dealkylation sites (N-methyl/N-ethyl adjacent to an activating group) is 1. The zero-order valence-electron chi connectivity index (χ0n) is 25.1. The highest BCUT2D eigenvalue weighted by Gasteiger charge is 2.20. The molecule has 1 atom stereocenters. The fourth-order valence-corrected chi connectivity index (χ4v) is 4.03. The number of aromatic hydroxyl groups is 1. The molecule has 10 nitrogen and oxygen atoms in total. The van der Waals surface area contributed by atoms with Crippen LogP contribution >= 0.6 is 0 Å². The van der Waals surface area contributed by atoms with Crippen molar-refractivity contribution in [3.8, 4) is 11.8 Å². The second-order valence-corrected chi connectivity index (χ2v) is 10.0. The Bertz CT molecular complexity index is 1420. The zero-order chi connectivity index (χ0) is 31.9. The number of halogens is 2. The summed E-state index contributed by atoms with van der Waals surface area (Å²) < 4.78 is 26.2. The van der Waals surface area contributed by atoms with Crippen molar-refractivity contribution >= 4 is 22.7 Å². The number of aryl methyl sites for hydroxylation is 1. The molecule has 0 spiro atoms. The van der Waals surface area contributed by atoms with Gasteiger partial charge in [-0.1, -0.05) is 12.1 Å². The summed E-state index contributed by atoms with van der Waals surface area (Å²) in [7, 11) is 5.26. The lowest BCUT2D eigenvalue weighted by Crippen LogP contribution is -2.48. The maximum atomic E-state index is 13.5. The molecule has 1 heterocycles. The van der Waals surface area contributed by atoms with Crippen molar-refractivity contribution in [2.45, 2.75) is 39.3 Å². The number of benzene rings is 2. The molecule has 1 aromatic heterocycles. The minimum Gasteiger partial charge on any atom is -0.505 e. The summed E-state index contributed by atoms with van der Waals surface area (Å²) in [4.78, 5) is 31.3. The Morgan fingerprint density at radius 3 is 2.51 bits per heavy atom. The van der Waals surface area contributed by atoms with Crippen molar-refractivity contribution in [2.24, 2.45) is 0 Å². The highest BCUT2D eigenvalue weighted by Crippen LogP contribution is 2.20. The van der Waals surface area contributed by atoms with Crippen molar-refractivity contribution < 1.29 is 23.5 Å². The minimum absolute atomic E-state index is 0.0354. The van der Waals surface area contributed by atoms with E-state index in [2.05, 4.69) is 20.9 Å². The molecule has 0 saturated heterocycles. The first-order chi connectivity index (χ1) is 20.4. The average molecular weight is 596 g/mol. The van der Waals surface area contributed by atoms with Crippen LogP contribution in [0.5, 0.6) is 5.75 Å². The van der Waals surface area contributed by atoms with Gasteiger partial charge in [-0.25, -0.2) is 13.6 Å². The number of urea groups is 1. The van der Waals surface area contributed by atoms with Gasteiger partial charge in [0.1, 0.15) is 11.6 Å². The first-order valence-electron chi connectivity index (χ1n) is 13.7. The van der Waals surface area contributed by atoms with Gasteiger partial charge in [0.05, 0.1) is 18.2 Å². The van der Waals surface area contributed by atoms with E-state index in [1.807, 2.05) is 33.2 Å². The largest absolute Gasteiger partial charge is 0.505 e. The maximum Gasteiger partial charge on any atom is 0.317 e. The number of carbonyl (C=O) groups excluding carboxylic acids is 2. The van der Waals surface area contributed by atoms with E-state index in [1.54, 1.807) is 24.2 Å². The highest BCUT2D eigenvalue weighted by atomic mass is 19.1. The Morgan fingerprint density at radius 1 is 1.09 bits per heavy atom. The number of aromatic nitrogens is 1. The lowest BCUT2D eigenvalue weighted by molar-refractivity contribution is -0.119. The number of hydrogen-bond donors (Lipinski definition) is 4. The lowest BCUT2D eigenvalue weighted by Gasteiger charge is -2.29. The number of carbonyl (C=O) groups is 2.